The van der Waals surface area contributed by atoms with Crippen LogP contribution in [-0.4, -0.2) is 27.9 Å². The zero-order valence-electron chi connectivity index (χ0n) is 10.7. The second-order valence-electron chi connectivity index (χ2n) is 4.99. The normalized spacial score (nSPS) is 19.1. The minimum absolute atomic E-state index is 0.372. The fraction of sp³-hybridized carbons (Fsp3) is 0.286. The van der Waals surface area contributed by atoms with Crippen LogP contribution in [0.15, 0.2) is 45.5 Å². The molecule has 1 unspecified atom stereocenters. The van der Waals surface area contributed by atoms with Crippen molar-refractivity contribution >= 4 is 33.0 Å². The van der Waals surface area contributed by atoms with Crippen molar-refractivity contribution in [3.8, 4) is 0 Å². The first-order chi connectivity index (χ1) is 9.79. The van der Waals surface area contributed by atoms with Crippen molar-refractivity contribution in [2.24, 2.45) is 0 Å². The van der Waals surface area contributed by atoms with Crippen molar-refractivity contribution in [1.29, 1.82) is 0 Å². The van der Waals surface area contributed by atoms with Crippen molar-refractivity contribution in [2.75, 3.05) is 18.0 Å². The van der Waals surface area contributed by atoms with Crippen LogP contribution in [0.25, 0.3) is 11.1 Å². The minimum Gasteiger partial charge on any atom is -0.423 e. The summed E-state index contributed by atoms with van der Waals surface area (Å²) in [5, 5.41) is 4.36. The van der Waals surface area contributed by atoms with Gasteiger partial charge in [-0.1, -0.05) is 12.1 Å². The molecule has 20 heavy (non-hydrogen) atoms. The van der Waals surface area contributed by atoms with Crippen LogP contribution >= 0.6 is 15.9 Å². The molecule has 4 rings (SSSR count). The van der Waals surface area contributed by atoms with Gasteiger partial charge in [0.1, 0.15) is 5.52 Å². The maximum absolute atomic E-state index is 5.82. The minimum atomic E-state index is 0.372. The Morgan fingerprint density at radius 2 is 2.20 bits per heavy atom. The Labute approximate surface area is 124 Å². The van der Waals surface area contributed by atoms with E-state index in [1.807, 2.05) is 41.3 Å². The quantitative estimate of drug-likeness (QED) is 0.722. The summed E-state index contributed by atoms with van der Waals surface area (Å²) in [4.78, 5) is 6.73. The van der Waals surface area contributed by atoms with Gasteiger partial charge in [0.25, 0.3) is 6.01 Å². The van der Waals surface area contributed by atoms with E-state index >= 15 is 0 Å². The molecule has 0 saturated carbocycles. The third-order valence-electron chi connectivity index (χ3n) is 3.66. The van der Waals surface area contributed by atoms with Gasteiger partial charge in [-0.2, -0.15) is 10.1 Å². The number of aromatic nitrogens is 3. The molecule has 0 radical (unpaired) electrons. The van der Waals surface area contributed by atoms with Crippen molar-refractivity contribution in [3.05, 3.63) is 41.1 Å². The molecular formula is C14H13BrN4O. The molecule has 1 aliphatic heterocycles. The van der Waals surface area contributed by atoms with Crippen molar-refractivity contribution < 1.29 is 4.42 Å². The van der Waals surface area contributed by atoms with E-state index in [4.69, 9.17) is 4.42 Å². The van der Waals surface area contributed by atoms with Crippen molar-refractivity contribution in [2.45, 2.75) is 12.5 Å². The Kier molecular flexibility index (Phi) is 2.77. The Bertz CT molecular complexity index is 717. The molecule has 5 nitrogen and oxygen atoms in total. The molecule has 3 heterocycles. The Morgan fingerprint density at radius 1 is 1.30 bits per heavy atom. The molecule has 0 aliphatic carbocycles. The van der Waals surface area contributed by atoms with Crippen LogP contribution in [-0.2, 0) is 0 Å². The van der Waals surface area contributed by atoms with E-state index in [1.165, 1.54) is 0 Å². The van der Waals surface area contributed by atoms with Crippen LogP contribution in [0.3, 0.4) is 0 Å². The predicted octanol–water partition coefficient (Wildman–Crippen LogP) is 3.24. The average molecular weight is 333 g/mol. The second kappa shape index (κ2) is 4.63. The monoisotopic (exact) mass is 332 g/mol. The third kappa shape index (κ3) is 2.00. The van der Waals surface area contributed by atoms with Crippen LogP contribution in [0.5, 0.6) is 0 Å². The first-order valence-corrected chi connectivity index (χ1v) is 7.39. The number of halogens is 1. The van der Waals surface area contributed by atoms with E-state index < -0.39 is 0 Å². The zero-order chi connectivity index (χ0) is 13.5. The number of nitrogens with zero attached hydrogens (tertiary/aromatic N) is 4. The van der Waals surface area contributed by atoms with Gasteiger partial charge in [-0.25, -0.2) is 0 Å². The summed E-state index contributed by atoms with van der Waals surface area (Å²) < 4.78 is 8.84. The van der Waals surface area contributed by atoms with E-state index in [2.05, 4.69) is 30.9 Å². The van der Waals surface area contributed by atoms with E-state index in [9.17, 15) is 0 Å². The molecule has 0 spiro atoms. The maximum Gasteiger partial charge on any atom is 0.298 e. The Hall–Kier alpha value is -1.82. The maximum atomic E-state index is 5.82. The van der Waals surface area contributed by atoms with Gasteiger partial charge in [0, 0.05) is 19.3 Å². The molecule has 1 fully saturated rings. The highest BCUT2D eigenvalue weighted by atomic mass is 79.9. The van der Waals surface area contributed by atoms with Gasteiger partial charge in [-0.05, 0) is 34.5 Å². The summed E-state index contributed by atoms with van der Waals surface area (Å²) >= 11 is 3.43. The van der Waals surface area contributed by atoms with Gasteiger partial charge >= 0.3 is 0 Å². The van der Waals surface area contributed by atoms with Gasteiger partial charge in [0.15, 0.2) is 5.58 Å². The van der Waals surface area contributed by atoms with Crippen LogP contribution in [0.1, 0.15) is 12.5 Å². The summed E-state index contributed by atoms with van der Waals surface area (Å²) in [6.07, 6.45) is 4.88. The van der Waals surface area contributed by atoms with Crippen LogP contribution in [0.2, 0.25) is 0 Å². The SMILES string of the molecule is Brc1cnn(C2CCN(c3nc4ccccc4o3)C2)c1. The highest BCUT2D eigenvalue weighted by molar-refractivity contribution is 9.10. The van der Waals surface area contributed by atoms with Gasteiger partial charge in [-0.3, -0.25) is 4.68 Å². The predicted molar refractivity (Wildman–Crippen MR) is 79.8 cm³/mol. The lowest BCUT2D eigenvalue weighted by Gasteiger charge is -2.13. The van der Waals surface area contributed by atoms with Gasteiger partial charge < -0.3 is 9.32 Å². The van der Waals surface area contributed by atoms with Gasteiger partial charge in [0.2, 0.25) is 0 Å². The standard InChI is InChI=1S/C14H13BrN4O/c15-10-7-16-19(8-10)11-5-6-18(9-11)14-17-12-3-1-2-4-13(12)20-14/h1-4,7-8,11H,5-6,9H2. The summed E-state index contributed by atoms with van der Waals surface area (Å²) in [5.41, 5.74) is 1.75. The van der Waals surface area contributed by atoms with Gasteiger partial charge in [-0.15, -0.1) is 0 Å². The zero-order valence-corrected chi connectivity index (χ0v) is 12.3. The van der Waals surface area contributed by atoms with E-state index in [0.717, 1.165) is 35.1 Å². The first kappa shape index (κ1) is 12.0. The molecule has 2 aromatic heterocycles. The average Bonchev–Trinajstić information content (AvgIpc) is 3.16. The lowest BCUT2D eigenvalue weighted by molar-refractivity contribution is 0.490. The molecule has 1 atom stereocenters. The lowest BCUT2D eigenvalue weighted by Crippen LogP contribution is -2.21. The lowest BCUT2D eigenvalue weighted by atomic mass is 10.3. The number of hydrogen-bond acceptors (Lipinski definition) is 4. The summed E-state index contributed by atoms with van der Waals surface area (Å²) in [7, 11) is 0. The van der Waals surface area contributed by atoms with Crippen LogP contribution < -0.4 is 4.90 Å². The number of oxazole rings is 1. The summed E-state index contributed by atoms with van der Waals surface area (Å²) in [5.74, 6) is 0. The summed E-state index contributed by atoms with van der Waals surface area (Å²) in [6, 6.07) is 8.94. The molecule has 3 aromatic rings. The molecule has 102 valence electrons. The molecule has 1 aliphatic rings. The molecule has 1 aromatic carbocycles. The molecule has 1 saturated heterocycles. The number of rotatable bonds is 2. The fourth-order valence-corrected chi connectivity index (χ4v) is 2.94. The number of anilines is 1. The Morgan fingerprint density at radius 3 is 3.00 bits per heavy atom. The fourth-order valence-electron chi connectivity index (χ4n) is 2.64. The van der Waals surface area contributed by atoms with Crippen molar-refractivity contribution in [1.82, 2.24) is 14.8 Å². The molecule has 0 N–H and O–H groups in total. The largest absolute Gasteiger partial charge is 0.423 e. The highest BCUT2D eigenvalue weighted by Gasteiger charge is 2.27. The molecule has 0 amide bonds. The van der Waals surface area contributed by atoms with E-state index in [-0.39, 0.29) is 0 Å². The topological polar surface area (TPSA) is 47.1 Å². The van der Waals surface area contributed by atoms with Gasteiger partial charge in [0.05, 0.1) is 16.7 Å². The number of para-hydroxylation sites is 2. The number of fused-ring (bicyclic) bond motifs is 1. The van der Waals surface area contributed by atoms with Crippen molar-refractivity contribution in [3.63, 3.8) is 0 Å². The van der Waals surface area contributed by atoms with E-state index in [0.29, 0.717) is 12.1 Å². The Balaban J connectivity index is 1.58. The third-order valence-corrected chi connectivity index (χ3v) is 4.07. The van der Waals surface area contributed by atoms with Crippen LogP contribution in [0.4, 0.5) is 6.01 Å². The molecule has 0 bridgehead atoms. The first-order valence-electron chi connectivity index (χ1n) is 6.60. The van der Waals surface area contributed by atoms with E-state index in [1.54, 1.807) is 0 Å². The smallest absolute Gasteiger partial charge is 0.298 e. The number of benzene rings is 1. The second-order valence-corrected chi connectivity index (χ2v) is 5.91. The highest BCUT2D eigenvalue weighted by Crippen LogP contribution is 2.29. The molecular weight excluding hydrogens is 320 g/mol. The van der Waals surface area contributed by atoms with Crippen LogP contribution in [0, 0.1) is 0 Å². The molecule has 6 heteroatoms. The summed E-state index contributed by atoms with van der Waals surface area (Å²) in [6.45, 7) is 1.82. The number of hydrogen-bond donors (Lipinski definition) is 0.